The Bertz CT molecular complexity index is 258. The molecule has 0 amide bonds. The van der Waals surface area contributed by atoms with E-state index in [4.69, 9.17) is 12.8 Å². The van der Waals surface area contributed by atoms with Crippen LogP contribution in [0.3, 0.4) is 0 Å². The summed E-state index contributed by atoms with van der Waals surface area (Å²) >= 11 is 0. The monoisotopic (exact) mass is 118 g/mol. The first kappa shape index (κ1) is 5.40. The first-order chi connectivity index (χ1) is 4.36. The fraction of sp³-hybridized carbons (Fsp3) is 0. The zero-order valence-electron chi connectivity index (χ0n) is 4.46. The van der Waals surface area contributed by atoms with Crippen LogP contribution < -0.4 is 0 Å². The summed E-state index contributed by atoms with van der Waals surface area (Å²) in [5.74, 6) is 4.52. The second-order valence-electron chi connectivity index (χ2n) is 1.20. The summed E-state index contributed by atoms with van der Waals surface area (Å²) in [5, 5.41) is 6.82. The van der Waals surface area contributed by atoms with E-state index in [0.29, 0.717) is 0 Å². The molecular weight excluding hydrogens is 116 g/mol. The molecule has 1 heterocycles. The molecule has 0 aliphatic rings. The second-order valence-corrected chi connectivity index (χ2v) is 1.20. The van der Waals surface area contributed by atoms with Gasteiger partial charge < -0.3 is 4.42 Å². The minimum absolute atomic E-state index is 0.114. The highest BCUT2D eigenvalue weighted by Gasteiger charge is 1.96. The van der Waals surface area contributed by atoms with Crippen LogP contribution in [0.1, 0.15) is 11.8 Å². The van der Waals surface area contributed by atoms with E-state index in [1.807, 2.05) is 0 Å². The Kier molecular flexibility index (Phi) is 1.21. The average molecular weight is 118 g/mol. The van der Waals surface area contributed by atoms with Gasteiger partial charge in [0.1, 0.15) is 0 Å². The number of terminal acetylenes is 2. The van der Waals surface area contributed by atoms with E-state index in [1.165, 1.54) is 0 Å². The van der Waals surface area contributed by atoms with Crippen LogP contribution >= 0.6 is 0 Å². The third-order valence-corrected chi connectivity index (χ3v) is 0.672. The number of rotatable bonds is 0. The van der Waals surface area contributed by atoms with E-state index < -0.39 is 0 Å². The van der Waals surface area contributed by atoms with E-state index in [1.54, 1.807) is 0 Å². The molecular formula is C6H2N2O. The topological polar surface area (TPSA) is 38.9 Å². The van der Waals surface area contributed by atoms with E-state index >= 15 is 0 Å². The highest BCUT2D eigenvalue weighted by Crippen LogP contribution is 1.93. The molecule has 0 unspecified atom stereocenters. The van der Waals surface area contributed by atoms with Crippen molar-refractivity contribution < 1.29 is 4.42 Å². The van der Waals surface area contributed by atoms with Crippen molar-refractivity contribution in [2.45, 2.75) is 0 Å². The van der Waals surface area contributed by atoms with Crippen LogP contribution in [0, 0.1) is 24.7 Å². The Morgan fingerprint density at radius 2 is 1.56 bits per heavy atom. The molecule has 0 N–H and O–H groups in total. The molecule has 0 spiro atoms. The zero-order chi connectivity index (χ0) is 6.69. The van der Waals surface area contributed by atoms with E-state index in [-0.39, 0.29) is 11.8 Å². The van der Waals surface area contributed by atoms with Gasteiger partial charge >= 0.3 is 0 Å². The maximum absolute atomic E-state index is 4.90. The van der Waals surface area contributed by atoms with Crippen molar-refractivity contribution in [1.82, 2.24) is 10.2 Å². The van der Waals surface area contributed by atoms with Crippen molar-refractivity contribution >= 4 is 0 Å². The maximum atomic E-state index is 4.90. The Morgan fingerprint density at radius 1 is 1.11 bits per heavy atom. The molecule has 0 fully saturated rings. The second kappa shape index (κ2) is 2.02. The Hall–Kier alpha value is -1.74. The minimum Gasteiger partial charge on any atom is -0.403 e. The summed E-state index contributed by atoms with van der Waals surface area (Å²) in [4.78, 5) is 0. The van der Waals surface area contributed by atoms with Crippen molar-refractivity contribution in [3.05, 3.63) is 11.8 Å². The van der Waals surface area contributed by atoms with Gasteiger partial charge in [0.15, 0.2) is 0 Å². The van der Waals surface area contributed by atoms with Crippen molar-refractivity contribution in [2.75, 3.05) is 0 Å². The standard InChI is InChI=1S/C6H2N2O/c1-3-5-7-8-6(4-2)9-5/h1-2H. The number of aromatic nitrogens is 2. The Balaban J connectivity index is 3.08. The van der Waals surface area contributed by atoms with Crippen molar-refractivity contribution in [1.29, 1.82) is 0 Å². The van der Waals surface area contributed by atoms with E-state index in [0.717, 1.165) is 0 Å². The quantitative estimate of drug-likeness (QED) is 0.451. The summed E-state index contributed by atoms with van der Waals surface area (Å²) in [5.41, 5.74) is 0. The lowest BCUT2D eigenvalue weighted by atomic mass is 10.7. The van der Waals surface area contributed by atoms with Crippen molar-refractivity contribution in [3.63, 3.8) is 0 Å². The highest BCUT2D eigenvalue weighted by atomic mass is 16.4. The Morgan fingerprint density at radius 3 is 1.78 bits per heavy atom. The molecule has 0 radical (unpaired) electrons. The molecule has 0 bridgehead atoms. The lowest BCUT2D eigenvalue weighted by molar-refractivity contribution is 0.527. The maximum Gasteiger partial charge on any atom is 0.294 e. The lowest BCUT2D eigenvalue weighted by Gasteiger charge is -1.69. The molecule has 3 nitrogen and oxygen atoms in total. The predicted molar refractivity (Wildman–Crippen MR) is 30.2 cm³/mol. The van der Waals surface area contributed by atoms with Gasteiger partial charge in [0, 0.05) is 0 Å². The molecule has 1 aromatic heterocycles. The average Bonchev–Trinajstić information content (AvgIpc) is 2.34. The van der Waals surface area contributed by atoms with Gasteiger partial charge in [-0.1, -0.05) is 10.2 Å². The summed E-state index contributed by atoms with van der Waals surface area (Å²) in [6, 6.07) is 0. The van der Waals surface area contributed by atoms with Gasteiger partial charge in [-0.2, -0.15) is 0 Å². The fourth-order valence-corrected chi connectivity index (χ4v) is 0.340. The molecule has 0 saturated heterocycles. The van der Waals surface area contributed by atoms with Gasteiger partial charge in [-0.15, -0.1) is 12.8 Å². The van der Waals surface area contributed by atoms with E-state index in [9.17, 15) is 0 Å². The first-order valence-electron chi connectivity index (χ1n) is 2.13. The molecule has 9 heavy (non-hydrogen) atoms. The number of hydrogen-bond acceptors (Lipinski definition) is 3. The van der Waals surface area contributed by atoms with Crippen LogP contribution in [-0.4, -0.2) is 10.2 Å². The normalized spacial score (nSPS) is 7.78. The molecule has 0 aromatic carbocycles. The smallest absolute Gasteiger partial charge is 0.294 e. The first-order valence-corrected chi connectivity index (χ1v) is 2.13. The lowest BCUT2D eigenvalue weighted by Crippen LogP contribution is -1.70. The van der Waals surface area contributed by atoms with Gasteiger partial charge in [0.25, 0.3) is 11.8 Å². The molecule has 42 valence electrons. The van der Waals surface area contributed by atoms with Crippen LogP contribution in [0.2, 0.25) is 0 Å². The third kappa shape index (κ3) is 0.896. The number of nitrogens with zero attached hydrogens (tertiary/aromatic N) is 2. The SMILES string of the molecule is C#Cc1nnc(C#C)o1. The largest absolute Gasteiger partial charge is 0.403 e. The van der Waals surface area contributed by atoms with Gasteiger partial charge in [0.05, 0.1) is 0 Å². The van der Waals surface area contributed by atoms with Crippen LogP contribution in [0.4, 0.5) is 0 Å². The summed E-state index contributed by atoms with van der Waals surface area (Å²) in [6.45, 7) is 0. The highest BCUT2D eigenvalue weighted by molar-refractivity contribution is 5.16. The molecule has 0 aliphatic carbocycles. The molecule has 0 saturated carbocycles. The molecule has 0 aliphatic heterocycles. The Labute approximate surface area is 52.1 Å². The van der Waals surface area contributed by atoms with Gasteiger partial charge in [-0.25, -0.2) is 0 Å². The van der Waals surface area contributed by atoms with Crippen LogP contribution in [0.5, 0.6) is 0 Å². The van der Waals surface area contributed by atoms with Crippen LogP contribution in [0.15, 0.2) is 4.42 Å². The fourth-order valence-electron chi connectivity index (χ4n) is 0.340. The van der Waals surface area contributed by atoms with Crippen LogP contribution in [-0.2, 0) is 0 Å². The predicted octanol–water partition coefficient (Wildman–Crippen LogP) is 0.0322. The molecule has 1 aromatic rings. The molecule has 3 heteroatoms. The minimum atomic E-state index is 0.114. The van der Waals surface area contributed by atoms with Crippen LogP contribution in [0.25, 0.3) is 0 Å². The molecule has 0 atom stereocenters. The van der Waals surface area contributed by atoms with Crippen molar-refractivity contribution in [2.24, 2.45) is 0 Å². The van der Waals surface area contributed by atoms with E-state index in [2.05, 4.69) is 26.5 Å². The summed E-state index contributed by atoms with van der Waals surface area (Å²) < 4.78 is 4.69. The third-order valence-electron chi connectivity index (χ3n) is 0.672. The van der Waals surface area contributed by atoms with Gasteiger partial charge in [-0.05, 0) is 11.8 Å². The number of hydrogen-bond donors (Lipinski definition) is 0. The van der Waals surface area contributed by atoms with Gasteiger partial charge in [-0.3, -0.25) is 0 Å². The zero-order valence-corrected chi connectivity index (χ0v) is 4.46. The van der Waals surface area contributed by atoms with Gasteiger partial charge in [0.2, 0.25) is 0 Å². The summed E-state index contributed by atoms with van der Waals surface area (Å²) in [7, 11) is 0. The molecule has 1 rings (SSSR count). The summed E-state index contributed by atoms with van der Waals surface area (Å²) in [6.07, 6.45) is 9.81. The van der Waals surface area contributed by atoms with Crippen molar-refractivity contribution in [3.8, 4) is 24.7 Å².